The van der Waals surface area contributed by atoms with E-state index < -0.39 is 11.8 Å². The van der Waals surface area contributed by atoms with Crippen molar-refractivity contribution in [2.24, 2.45) is 0 Å². The normalized spacial score (nSPS) is 13.7. The first-order chi connectivity index (χ1) is 7.08. The third kappa shape index (κ3) is 5.87. The van der Waals surface area contributed by atoms with Gasteiger partial charge in [0, 0.05) is 13.0 Å². The van der Waals surface area contributed by atoms with Gasteiger partial charge in [0.25, 0.3) is 5.79 Å². The van der Waals surface area contributed by atoms with Crippen molar-refractivity contribution in [3.63, 3.8) is 0 Å². The molecule has 0 aliphatic carbocycles. The summed E-state index contributed by atoms with van der Waals surface area (Å²) in [6.45, 7) is 8.18. The molecule has 0 radical (unpaired) electrons. The van der Waals surface area contributed by atoms with E-state index in [4.69, 9.17) is 19.3 Å². The fourth-order valence-electron chi connectivity index (χ4n) is 0.840. The second-order valence-electron chi connectivity index (χ2n) is 2.82. The van der Waals surface area contributed by atoms with Crippen LogP contribution in [0.5, 0.6) is 0 Å². The van der Waals surface area contributed by atoms with Crippen molar-refractivity contribution in [3.05, 3.63) is 25.5 Å². The molecule has 0 rings (SSSR count). The number of aliphatic hydroxyl groups is 1. The Labute approximate surface area is 88.9 Å². The second kappa shape index (κ2) is 7.03. The van der Waals surface area contributed by atoms with Crippen LogP contribution in [0.25, 0.3) is 0 Å². The highest BCUT2D eigenvalue weighted by Crippen LogP contribution is 2.14. The Balaban J connectivity index is 4.22. The Morgan fingerprint density at radius 2 is 2.20 bits per heavy atom. The number of rotatable bonds is 8. The van der Waals surface area contributed by atoms with Crippen molar-refractivity contribution >= 4 is 5.97 Å². The Bertz CT molecular complexity index is 226. The molecule has 0 spiro atoms. The maximum atomic E-state index is 11.0. The summed E-state index contributed by atoms with van der Waals surface area (Å²) in [5.41, 5.74) is 0. The lowest BCUT2D eigenvalue weighted by Crippen LogP contribution is -2.38. The minimum Gasteiger partial charge on any atom is -0.458 e. The van der Waals surface area contributed by atoms with Crippen LogP contribution in [0.3, 0.4) is 0 Å². The summed E-state index contributed by atoms with van der Waals surface area (Å²) in [5, 5.41) is 8.51. The SMILES string of the molecule is C=COC(C)(COCCO)OC(=O)C=C. The fraction of sp³-hybridized carbons (Fsp3) is 0.500. The van der Waals surface area contributed by atoms with Crippen LogP contribution in [0.2, 0.25) is 0 Å². The Kier molecular flexibility index (Phi) is 6.40. The summed E-state index contributed by atoms with van der Waals surface area (Å²) in [4.78, 5) is 11.0. The van der Waals surface area contributed by atoms with E-state index in [9.17, 15) is 4.79 Å². The zero-order valence-corrected chi connectivity index (χ0v) is 8.77. The van der Waals surface area contributed by atoms with Gasteiger partial charge in [-0.1, -0.05) is 13.2 Å². The van der Waals surface area contributed by atoms with Gasteiger partial charge in [-0.3, -0.25) is 0 Å². The van der Waals surface area contributed by atoms with Crippen molar-refractivity contribution < 1.29 is 24.1 Å². The number of carbonyl (C=O) groups is 1. The van der Waals surface area contributed by atoms with Gasteiger partial charge in [-0.05, 0) is 0 Å². The van der Waals surface area contributed by atoms with Crippen LogP contribution in [-0.2, 0) is 19.0 Å². The molecule has 1 N–H and O–H groups in total. The van der Waals surface area contributed by atoms with Crippen LogP contribution in [0.15, 0.2) is 25.5 Å². The van der Waals surface area contributed by atoms with Gasteiger partial charge in [-0.15, -0.1) is 0 Å². The topological polar surface area (TPSA) is 65.0 Å². The summed E-state index contributed by atoms with van der Waals surface area (Å²) >= 11 is 0. The first-order valence-electron chi connectivity index (χ1n) is 4.40. The van der Waals surface area contributed by atoms with Gasteiger partial charge in [0.05, 0.1) is 19.5 Å². The second-order valence-corrected chi connectivity index (χ2v) is 2.82. The van der Waals surface area contributed by atoms with Crippen molar-refractivity contribution in [3.8, 4) is 0 Å². The third-order valence-corrected chi connectivity index (χ3v) is 1.42. The molecule has 5 heteroatoms. The van der Waals surface area contributed by atoms with E-state index in [1.807, 2.05) is 0 Å². The van der Waals surface area contributed by atoms with E-state index >= 15 is 0 Å². The lowest BCUT2D eigenvalue weighted by Gasteiger charge is -2.27. The summed E-state index contributed by atoms with van der Waals surface area (Å²) in [6, 6.07) is 0. The minimum absolute atomic E-state index is 0.000833. The molecular formula is C10H16O5. The van der Waals surface area contributed by atoms with Gasteiger partial charge in [0.2, 0.25) is 0 Å². The van der Waals surface area contributed by atoms with Gasteiger partial charge >= 0.3 is 5.97 Å². The molecule has 0 aliphatic rings. The maximum absolute atomic E-state index is 11.0. The van der Waals surface area contributed by atoms with Crippen LogP contribution < -0.4 is 0 Å². The summed E-state index contributed by atoms with van der Waals surface area (Å²) in [6.07, 6.45) is 2.18. The monoisotopic (exact) mass is 216 g/mol. The zero-order valence-electron chi connectivity index (χ0n) is 8.77. The molecular weight excluding hydrogens is 200 g/mol. The first-order valence-corrected chi connectivity index (χ1v) is 4.40. The highest BCUT2D eigenvalue weighted by atomic mass is 16.7. The number of hydrogen-bond donors (Lipinski definition) is 1. The molecule has 0 aromatic carbocycles. The van der Waals surface area contributed by atoms with Gasteiger partial charge in [-0.25, -0.2) is 4.79 Å². The van der Waals surface area contributed by atoms with Gasteiger partial charge < -0.3 is 19.3 Å². The molecule has 0 aromatic heterocycles. The van der Waals surface area contributed by atoms with Gasteiger partial charge in [0.1, 0.15) is 6.61 Å². The molecule has 15 heavy (non-hydrogen) atoms. The Morgan fingerprint density at radius 1 is 1.53 bits per heavy atom. The van der Waals surface area contributed by atoms with Crippen molar-refractivity contribution in [1.29, 1.82) is 0 Å². The van der Waals surface area contributed by atoms with Crippen LogP contribution in [0.1, 0.15) is 6.92 Å². The van der Waals surface area contributed by atoms with E-state index in [1.54, 1.807) is 0 Å². The summed E-state index contributed by atoms with van der Waals surface area (Å²) < 4.78 is 14.9. The summed E-state index contributed by atoms with van der Waals surface area (Å²) in [7, 11) is 0. The predicted octanol–water partition coefficient (Wildman–Crippen LogP) is 0.601. The molecule has 0 aromatic rings. The van der Waals surface area contributed by atoms with E-state index in [0.717, 1.165) is 12.3 Å². The van der Waals surface area contributed by atoms with Crippen LogP contribution in [-0.4, -0.2) is 36.7 Å². The number of carbonyl (C=O) groups excluding carboxylic acids is 1. The highest BCUT2D eigenvalue weighted by molar-refractivity contribution is 5.81. The smallest absolute Gasteiger partial charge is 0.333 e. The number of esters is 1. The molecule has 0 bridgehead atoms. The van der Waals surface area contributed by atoms with E-state index in [-0.39, 0.29) is 19.8 Å². The lowest BCUT2D eigenvalue weighted by atomic mass is 10.3. The van der Waals surface area contributed by atoms with Crippen molar-refractivity contribution in [1.82, 2.24) is 0 Å². The van der Waals surface area contributed by atoms with Crippen LogP contribution >= 0.6 is 0 Å². The quantitative estimate of drug-likeness (QED) is 0.212. The predicted molar refractivity (Wildman–Crippen MR) is 53.9 cm³/mol. The number of aliphatic hydroxyl groups excluding tert-OH is 1. The molecule has 0 saturated heterocycles. The van der Waals surface area contributed by atoms with E-state index in [0.29, 0.717) is 0 Å². The van der Waals surface area contributed by atoms with E-state index in [2.05, 4.69) is 13.2 Å². The molecule has 0 fully saturated rings. The zero-order chi connectivity index (χ0) is 11.7. The average molecular weight is 216 g/mol. The molecule has 0 aliphatic heterocycles. The molecule has 5 nitrogen and oxygen atoms in total. The number of ether oxygens (including phenoxy) is 3. The van der Waals surface area contributed by atoms with Crippen LogP contribution in [0.4, 0.5) is 0 Å². The molecule has 86 valence electrons. The van der Waals surface area contributed by atoms with Gasteiger partial charge in [0.15, 0.2) is 0 Å². The van der Waals surface area contributed by atoms with Crippen molar-refractivity contribution in [2.75, 3.05) is 19.8 Å². The van der Waals surface area contributed by atoms with Crippen LogP contribution in [0, 0.1) is 0 Å². The van der Waals surface area contributed by atoms with Gasteiger partial charge in [-0.2, -0.15) is 0 Å². The van der Waals surface area contributed by atoms with Crippen molar-refractivity contribution in [2.45, 2.75) is 12.7 Å². The molecule has 1 unspecified atom stereocenters. The standard InChI is InChI=1S/C10H16O5/c1-4-9(12)15-10(3,14-5-2)8-13-7-6-11/h4-5,11H,1-2,6-8H2,3H3. The Morgan fingerprint density at radius 3 is 2.67 bits per heavy atom. The molecule has 0 amide bonds. The Hall–Kier alpha value is -1.33. The molecule has 1 atom stereocenters. The minimum atomic E-state index is -1.25. The highest BCUT2D eigenvalue weighted by Gasteiger charge is 2.29. The largest absolute Gasteiger partial charge is 0.458 e. The number of hydrogen-bond acceptors (Lipinski definition) is 5. The third-order valence-electron chi connectivity index (χ3n) is 1.42. The van der Waals surface area contributed by atoms with E-state index in [1.165, 1.54) is 6.92 Å². The molecule has 0 saturated carbocycles. The average Bonchev–Trinajstić information content (AvgIpc) is 2.18. The molecule has 0 heterocycles. The maximum Gasteiger partial charge on any atom is 0.333 e. The first kappa shape index (κ1) is 13.7. The lowest BCUT2D eigenvalue weighted by molar-refractivity contribution is -0.218. The fourth-order valence-corrected chi connectivity index (χ4v) is 0.840. The summed E-state index contributed by atoms with van der Waals surface area (Å²) in [5.74, 6) is -1.87.